The van der Waals surface area contributed by atoms with E-state index in [1.54, 1.807) is 0 Å². The number of halogens is 3. The number of aromatic nitrogens is 1. The summed E-state index contributed by atoms with van der Waals surface area (Å²) in [5, 5.41) is 3.01. The molecule has 0 spiro atoms. The molecule has 1 unspecified atom stereocenters. The Bertz CT molecular complexity index is 1010. The highest BCUT2D eigenvalue weighted by Gasteiger charge is 2.47. The Kier molecular flexibility index (Phi) is 6.05. The van der Waals surface area contributed by atoms with Crippen LogP contribution in [0.1, 0.15) is 22.5 Å². The number of amides is 1. The van der Waals surface area contributed by atoms with Crippen LogP contribution in [0.5, 0.6) is 5.75 Å². The minimum atomic E-state index is -2.99. The van der Waals surface area contributed by atoms with Gasteiger partial charge in [-0.2, -0.15) is 8.78 Å². The van der Waals surface area contributed by atoms with Crippen LogP contribution in [-0.2, 0) is 10.3 Å². The van der Waals surface area contributed by atoms with E-state index >= 15 is 0 Å². The lowest BCUT2D eigenvalue weighted by Gasteiger charge is -2.43. The summed E-state index contributed by atoms with van der Waals surface area (Å²) in [5.74, 6) is -0.473. The quantitative estimate of drug-likeness (QED) is 0.722. The van der Waals surface area contributed by atoms with Gasteiger partial charge in [-0.05, 0) is 36.8 Å². The molecule has 1 fully saturated rings. The van der Waals surface area contributed by atoms with Gasteiger partial charge in [0.1, 0.15) is 22.8 Å². The molecule has 0 bridgehead atoms. The van der Waals surface area contributed by atoms with Crippen molar-refractivity contribution >= 4 is 28.5 Å². The smallest absolute Gasteiger partial charge is 0.387 e. The second-order valence-corrected chi connectivity index (χ2v) is 8.17. The number of hydrogen-bond acceptors (Lipinski definition) is 7. The Morgan fingerprint density at radius 1 is 1.35 bits per heavy atom. The number of nitrogens with two attached hydrogens (primary N) is 1. The van der Waals surface area contributed by atoms with E-state index in [9.17, 15) is 18.0 Å². The number of aliphatic imine (C=N–C) groups is 1. The van der Waals surface area contributed by atoms with E-state index < -0.39 is 23.9 Å². The fourth-order valence-corrected chi connectivity index (χ4v) is 4.79. The van der Waals surface area contributed by atoms with Gasteiger partial charge in [0.15, 0.2) is 5.17 Å². The molecule has 0 aliphatic carbocycles. The van der Waals surface area contributed by atoms with E-state index in [4.69, 9.17) is 10.5 Å². The number of rotatable bonds is 5. The van der Waals surface area contributed by atoms with E-state index in [2.05, 4.69) is 20.0 Å². The Hall–Kier alpha value is -2.79. The third-order valence-electron chi connectivity index (χ3n) is 5.24. The molecule has 1 aromatic heterocycles. The molecule has 3 heterocycles. The number of ether oxygens (including phenoxy) is 2. The Morgan fingerprint density at radius 2 is 2.19 bits per heavy atom. The van der Waals surface area contributed by atoms with Crippen molar-refractivity contribution in [2.45, 2.75) is 18.6 Å². The van der Waals surface area contributed by atoms with Crippen LogP contribution in [0.2, 0.25) is 0 Å². The highest BCUT2D eigenvalue weighted by molar-refractivity contribution is 8.13. The fourth-order valence-electron chi connectivity index (χ4n) is 3.74. The maximum atomic E-state index is 14.9. The lowest BCUT2D eigenvalue weighted by Crippen LogP contribution is -2.48. The number of nitrogens with one attached hydrogen (secondary N) is 1. The van der Waals surface area contributed by atoms with Crippen molar-refractivity contribution in [1.29, 1.82) is 0 Å². The van der Waals surface area contributed by atoms with E-state index in [1.807, 2.05) is 0 Å². The van der Waals surface area contributed by atoms with Crippen molar-refractivity contribution in [1.82, 2.24) is 4.98 Å². The summed E-state index contributed by atoms with van der Waals surface area (Å²) >= 11 is 1.43. The Balaban J connectivity index is 1.59. The Labute approximate surface area is 180 Å². The maximum absolute atomic E-state index is 14.9. The standard InChI is InChI=1S/C20H19F3N4O3S/c21-15-3-1-12(26-17(28)16-4-2-13(8-25-16)30-18(22)23)7-14(15)20-10-29-6-5-11(20)9-31-19(24)27-20/h1-4,7-8,11,18H,5-6,9-10H2,(H2,24,27)(H,26,28)/t11?,20-/m0/s1. The summed E-state index contributed by atoms with van der Waals surface area (Å²) in [7, 11) is 0. The molecule has 1 amide bonds. The number of alkyl halides is 2. The zero-order chi connectivity index (χ0) is 22.0. The topological polar surface area (TPSA) is 98.8 Å². The number of pyridine rings is 1. The zero-order valence-corrected chi connectivity index (χ0v) is 17.0. The van der Waals surface area contributed by atoms with Gasteiger partial charge in [-0.15, -0.1) is 0 Å². The summed E-state index contributed by atoms with van der Waals surface area (Å²) in [5.41, 5.74) is 5.62. The third kappa shape index (κ3) is 4.47. The maximum Gasteiger partial charge on any atom is 0.387 e. The largest absolute Gasteiger partial charge is 0.433 e. The van der Waals surface area contributed by atoms with Gasteiger partial charge in [0.25, 0.3) is 5.91 Å². The van der Waals surface area contributed by atoms with Crippen molar-refractivity contribution in [3.8, 4) is 5.75 Å². The van der Waals surface area contributed by atoms with Gasteiger partial charge < -0.3 is 20.5 Å². The molecule has 0 saturated carbocycles. The molecule has 0 radical (unpaired) electrons. The molecule has 1 saturated heterocycles. The number of carbonyl (C=O) groups excluding carboxylic acids is 1. The predicted molar refractivity (Wildman–Crippen MR) is 110 cm³/mol. The number of benzene rings is 1. The van der Waals surface area contributed by atoms with Crippen LogP contribution in [0.25, 0.3) is 0 Å². The molecule has 3 N–H and O–H groups in total. The number of thioether (sulfide) groups is 1. The fraction of sp³-hybridized carbons (Fsp3) is 0.350. The molecule has 31 heavy (non-hydrogen) atoms. The van der Waals surface area contributed by atoms with Gasteiger partial charge in [-0.1, -0.05) is 11.8 Å². The summed E-state index contributed by atoms with van der Waals surface area (Å²) in [6.45, 7) is -2.22. The molecule has 11 heteroatoms. The average Bonchev–Trinajstić information content (AvgIpc) is 2.75. The normalized spacial score (nSPS) is 23.1. The van der Waals surface area contributed by atoms with Crippen LogP contribution in [0, 0.1) is 11.7 Å². The van der Waals surface area contributed by atoms with E-state index in [0.717, 1.165) is 12.6 Å². The molecule has 7 nitrogen and oxygen atoms in total. The summed E-state index contributed by atoms with van der Waals surface area (Å²) in [6, 6.07) is 6.67. The van der Waals surface area contributed by atoms with Gasteiger partial charge in [-0.3, -0.25) is 4.79 Å². The van der Waals surface area contributed by atoms with Crippen LogP contribution in [-0.4, -0.2) is 41.6 Å². The molecule has 1 aromatic carbocycles. The summed E-state index contributed by atoms with van der Waals surface area (Å²) in [4.78, 5) is 20.9. The van der Waals surface area contributed by atoms with Crippen molar-refractivity contribution in [3.63, 3.8) is 0 Å². The monoisotopic (exact) mass is 452 g/mol. The first kappa shape index (κ1) is 21.4. The predicted octanol–water partition coefficient (Wildman–Crippen LogP) is 3.37. The number of anilines is 1. The molecule has 2 aliphatic heterocycles. The lowest BCUT2D eigenvalue weighted by atomic mass is 9.76. The van der Waals surface area contributed by atoms with Gasteiger partial charge >= 0.3 is 6.61 Å². The van der Waals surface area contributed by atoms with Crippen molar-refractivity contribution < 1.29 is 27.4 Å². The second-order valence-electron chi connectivity index (χ2n) is 7.13. The highest BCUT2D eigenvalue weighted by atomic mass is 32.2. The second kappa shape index (κ2) is 8.75. The molecular formula is C20H19F3N4O3S. The number of amidine groups is 1. The van der Waals surface area contributed by atoms with Crippen LogP contribution in [0.15, 0.2) is 41.5 Å². The zero-order valence-electron chi connectivity index (χ0n) is 16.2. The van der Waals surface area contributed by atoms with Gasteiger partial charge in [-0.25, -0.2) is 14.4 Å². The van der Waals surface area contributed by atoms with E-state index in [0.29, 0.717) is 28.8 Å². The third-order valence-corrected chi connectivity index (χ3v) is 6.19. The molecule has 2 aliphatic rings. The average molecular weight is 452 g/mol. The van der Waals surface area contributed by atoms with Crippen LogP contribution in [0.4, 0.5) is 18.9 Å². The SMILES string of the molecule is NC1=N[C@@]2(c3cc(NC(=O)c4ccc(OC(F)F)cn4)ccc3F)COCCC2CS1. The highest BCUT2D eigenvalue weighted by Crippen LogP contribution is 2.45. The number of hydrogen-bond donors (Lipinski definition) is 2. The van der Waals surface area contributed by atoms with Crippen molar-refractivity contribution in [2.24, 2.45) is 16.6 Å². The Morgan fingerprint density at radius 3 is 2.94 bits per heavy atom. The van der Waals surface area contributed by atoms with Gasteiger partial charge in [0.2, 0.25) is 0 Å². The summed E-state index contributed by atoms with van der Waals surface area (Å²) < 4.78 is 49.2. The molecule has 164 valence electrons. The van der Waals surface area contributed by atoms with Gasteiger partial charge in [0, 0.05) is 29.5 Å². The van der Waals surface area contributed by atoms with Crippen LogP contribution < -0.4 is 15.8 Å². The van der Waals surface area contributed by atoms with E-state index in [1.165, 1.54) is 42.1 Å². The minimum Gasteiger partial charge on any atom is -0.433 e. The molecule has 4 rings (SSSR count). The van der Waals surface area contributed by atoms with Crippen molar-refractivity contribution in [3.05, 3.63) is 53.6 Å². The van der Waals surface area contributed by atoms with Crippen LogP contribution in [0.3, 0.4) is 0 Å². The van der Waals surface area contributed by atoms with Crippen LogP contribution >= 0.6 is 11.8 Å². The summed E-state index contributed by atoms with van der Waals surface area (Å²) in [6.07, 6.45) is 1.74. The molecular weight excluding hydrogens is 433 g/mol. The minimum absolute atomic E-state index is 0.0131. The van der Waals surface area contributed by atoms with Crippen molar-refractivity contribution in [2.75, 3.05) is 24.3 Å². The molecule has 2 aromatic rings. The van der Waals surface area contributed by atoms with Gasteiger partial charge in [0.05, 0.1) is 12.8 Å². The van der Waals surface area contributed by atoms with E-state index in [-0.39, 0.29) is 24.0 Å². The number of carbonyl (C=O) groups is 1. The first-order chi connectivity index (χ1) is 14.9. The lowest BCUT2D eigenvalue weighted by molar-refractivity contribution is -0.0500. The molecule has 2 atom stereocenters. The first-order valence-corrected chi connectivity index (χ1v) is 10.4. The number of fused-ring (bicyclic) bond motifs is 1. The first-order valence-electron chi connectivity index (χ1n) is 9.45. The number of nitrogens with zero attached hydrogens (tertiary/aromatic N) is 2.